The van der Waals surface area contributed by atoms with Gasteiger partial charge in [-0.15, -0.1) is 0 Å². The molecule has 0 aromatic heterocycles. The highest BCUT2D eigenvalue weighted by molar-refractivity contribution is 9.10. The summed E-state index contributed by atoms with van der Waals surface area (Å²) in [4.78, 5) is 24.3. The third-order valence-electron chi connectivity index (χ3n) is 3.72. The van der Waals surface area contributed by atoms with Gasteiger partial charge >= 0.3 is 5.97 Å². The summed E-state index contributed by atoms with van der Waals surface area (Å²) in [6.45, 7) is 1.39. The average molecular weight is 455 g/mol. The molecule has 0 bridgehead atoms. The average Bonchev–Trinajstić information content (AvgIpc) is 2.61. The number of rotatable bonds is 6. The molecule has 2 aromatic carbocycles. The molecule has 7 nitrogen and oxygen atoms in total. The maximum Gasteiger partial charge on any atom is 0.339 e. The summed E-state index contributed by atoms with van der Waals surface area (Å²) in [6, 6.07) is 11.3. The summed E-state index contributed by atoms with van der Waals surface area (Å²) in [6.07, 6.45) is 1.03. The zero-order chi connectivity index (χ0) is 20.2. The van der Waals surface area contributed by atoms with E-state index in [9.17, 15) is 18.0 Å². The van der Waals surface area contributed by atoms with Crippen LogP contribution in [0.4, 0.5) is 11.4 Å². The van der Waals surface area contributed by atoms with E-state index < -0.39 is 28.4 Å². The van der Waals surface area contributed by atoms with Crippen molar-refractivity contribution in [1.29, 1.82) is 0 Å². The topological polar surface area (TPSA) is 92.8 Å². The Kier molecular flexibility index (Phi) is 6.61. The maximum absolute atomic E-state index is 12.5. The van der Waals surface area contributed by atoms with Crippen molar-refractivity contribution in [3.8, 4) is 0 Å². The van der Waals surface area contributed by atoms with E-state index in [4.69, 9.17) is 0 Å². The third-order valence-corrected chi connectivity index (χ3v) is 5.75. The van der Waals surface area contributed by atoms with Crippen molar-refractivity contribution >= 4 is 49.2 Å². The van der Waals surface area contributed by atoms with Gasteiger partial charge in [0.05, 0.1) is 30.3 Å². The van der Waals surface area contributed by atoms with Gasteiger partial charge in [-0.2, -0.15) is 0 Å². The van der Waals surface area contributed by atoms with E-state index in [1.165, 1.54) is 13.2 Å². The Morgan fingerprint density at radius 1 is 1.19 bits per heavy atom. The number of nitrogens with zero attached hydrogens (tertiary/aromatic N) is 1. The van der Waals surface area contributed by atoms with Crippen molar-refractivity contribution in [2.75, 3.05) is 29.5 Å². The fourth-order valence-corrected chi connectivity index (χ4v) is 3.48. The molecule has 0 radical (unpaired) electrons. The summed E-state index contributed by atoms with van der Waals surface area (Å²) < 4.78 is 30.9. The Bertz CT molecular complexity index is 975. The van der Waals surface area contributed by atoms with Crippen LogP contribution >= 0.6 is 15.9 Å². The van der Waals surface area contributed by atoms with Crippen LogP contribution in [0.3, 0.4) is 0 Å². The highest BCUT2D eigenvalue weighted by atomic mass is 79.9. The van der Waals surface area contributed by atoms with Gasteiger partial charge in [-0.25, -0.2) is 13.2 Å². The molecule has 0 unspecified atom stereocenters. The number of carbonyl (C=O) groups is 2. The molecular weight excluding hydrogens is 436 g/mol. The van der Waals surface area contributed by atoms with Crippen LogP contribution < -0.4 is 9.62 Å². The fraction of sp³-hybridized carbons (Fsp3) is 0.222. The normalized spacial score (nSPS) is 11.0. The van der Waals surface area contributed by atoms with Crippen LogP contribution in [-0.2, 0) is 19.6 Å². The number of hydrogen-bond acceptors (Lipinski definition) is 5. The van der Waals surface area contributed by atoms with Crippen LogP contribution in [0.15, 0.2) is 46.9 Å². The van der Waals surface area contributed by atoms with Crippen molar-refractivity contribution in [3.05, 3.63) is 58.1 Å². The molecule has 0 aliphatic carbocycles. The molecule has 0 aliphatic heterocycles. The highest BCUT2D eigenvalue weighted by Gasteiger charge is 2.22. The lowest BCUT2D eigenvalue weighted by atomic mass is 10.2. The van der Waals surface area contributed by atoms with E-state index in [1.54, 1.807) is 36.4 Å². The van der Waals surface area contributed by atoms with Gasteiger partial charge in [0.2, 0.25) is 15.9 Å². The number of esters is 1. The number of carbonyl (C=O) groups excluding carboxylic acids is 2. The Morgan fingerprint density at radius 3 is 2.44 bits per heavy atom. The van der Waals surface area contributed by atoms with Gasteiger partial charge < -0.3 is 10.1 Å². The number of sulfonamides is 1. The molecule has 9 heteroatoms. The standard InChI is InChI=1S/C18H19BrN2O5S/c1-12-10-13(8-9-15(12)19)21(27(3,24)25)11-17(22)20-16-7-5-4-6-14(16)18(23)26-2/h4-10H,11H2,1-3H3,(H,20,22). The molecule has 2 aromatic rings. The fourth-order valence-electron chi connectivity index (χ4n) is 2.38. The van der Waals surface area contributed by atoms with Crippen LogP contribution in [-0.4, -0.2) is 40.2 Å². The van der Waals surface area contributed by atoms with E-state index in [1.807, 2.05) is 6.92 Å². The number of ether oxygens (including phenoxy) is 1. The summed E-state index contributed by atoms with van der Waals surface area (Å²) in [7, 11) is -2.46. The number of methoxy groups -OCH3 is 1. The number of hydrogen-bond donors (Lipinski definition) is 1. The first-order valence-electron chi connectivity index (χ1n) is 7.84. The highest BCUT2D eigenvalue weighted by Crippen LogP contribution is 2.25. The van der Waals surface area contributed by atoms with E-state index in [-0.39, 0.29) is 11.3 Å². The number of aryl methyl sites for hydroxylation is 1. The van der Waals surface area contributed by atoms with E-state index in [0.717, 1.165) is 20.6 Å². The summed E-state index contributed by atoms with van der Waals surface area (Å²) >= 11 is 3.36. The number of halogens is 1. The first-order valence-corrected chi connectivity index (χ1v) is 10.5. The van der Waals surface area contributed by atoms with Crippen LogP contribution in [0.2, 0.25) is 0 Å². The van der Waals surface area contributed by atoms with Crippen molar-refractivity contribution in [3.63, 3.8) is 0 Å². The van der Waals surface area contributed by atoms with E-state index in [0.29, 0.717) is 5.69 Å². The minimum atomic E-state index is -3.70. The Balaban J connectivity index is 2.28. The second kappa shape index (κ2) is 8.53. The SMILES string of the molecule is COC(=O)c1ccccc1NC(=O)CN(c1ccc(Br)c(C)c1)S(C)(=O)=O. The zero-order valence-corrected chi connectivity index (χ0v) is 17.4. The van der Waals surface area contributed by atoms with Gasteiger partial charge in [0.15, 0.2) is 0 Å². The number of para-hydroxylation sites is 1. The number of amides is 1. The minimum absolute atomic E-state index is 0.179. The largest absolute Gasteiger partial charge is 0.465 e. The zero-order valence-electron chi connectivity index (χ0n) is 15.0. The molecule has 1 N–H and O–H groups in total. The van der Waals surface area contributed by atoms with Crippen LogP contribution in [0.5, 0.6) is 0 Å². The first-order chi connectivity index (χ1) is 12.6. The molecule has 0 spiro atoms. The summed E-state index contributed by atoms with van der Waals surface area (Å²) in [5.41, 5.74) is 1.63. The molecule has 144 valence electrons. The third kappa shape index (κ3) is 5.30. The molecule has 1 amide bonds. The lowest BCUT2D eigenvalue weighted by Crippen LogP contribution is -2.37. The Morgan fingerprint density at radius 2 is 1.85 bits per heavy atom. The molecule has 0 saturated carbocycles. The Hall–Kier alpha value is -2.39. The van der Waals surface area contributed by atoms with Crippen LogP contribution in [0.1, 0.15) is 15.9 Å². The monoisotopic (exact) mass is 454 g/mol. The van der Waals surface area contributed by atoms with Gasteiger partial charge in [-0.05, 0) is 42.8 Å². The van der Waals surface area contributed by atoms with Crippen LogP contribution in [0.25, 0.3) is 0 Å². The lowest BCUT2D eigenvalue weighted by Gasteiger charge is -2.22. The first kappa shape index (κ1) is 20.9. The Labute approximate surface area is 166 Å². The minimum Gasteiger partial charge on any atom is -0.465 e. The van der Waals surface area contributed by atoms with Gasteiger partial charge in [0, 0.05) is 4.47 Å². The van der Waals surface area contributed by atoms with Gasteiger partial charge in [-0.3, -0.25) is 9.10 Å². The lowest BCUT2D eigenvalue weighted by molar-refractivity contribution is -0.114. The maximum atomic E-state index is 12.5. The molecule has 0 aliphatic rings. The van der Waals surface area contributed by atoms with Crippen molar-refractivity contribution in [1.82, 2.24) is 0 Å². The second-order valence-electron chi connectivity index (χ2n) is 5.79. The molecule has 0 saturated heterocycles. The van der Waals surface area contributed by atoms with Crippen LogP contribution in [0, 0.1) is 6.92 Å². The van der Waals surface area contributed by atoms with E-state index in [2.05, 4.69) is 26.0 Å². The molecule has 0 atom stereocenters. The number of nitrogens with one attached hydrogen (secondary N) is 1. The van der Waals surface area contributed by atoms with Crippen molar-refractivity contribution in [2.24, 2.45) is 0 Å². The molecular formula is C18H19BrN2O5S. The van der Waals surface area contributed by atoms with Gasteiger partial charge in [0.25, 0.3) is 0 Å². The second-order valence-corrected chi connectivity index (χ2v) is 8.55. The number of anilines is 2. The quantitative estimate of drug-likeness (QED) is 0.677. The molecule has 0 fully saturated rings. The predicted octanol–water partition coefficient (Wildman–Crippen LogP) is 2.95. The molecule has 0 heterocycles. The smallest absolute Gasteiger partial charge is 0.339 e. The van der Waals surface area contributed by atoms with Crippen molar-refractivity contribution < 1.29 is 22.7 Å². The van der Waals surface area contributed by atoms with E-state index >= 15 is 0 Å². The molecule has 2 rings (SSSR count). The molecule has 27 heavy (non-hydrogen) atoms. The van der Waals surface area contributed by atoms with Crippen molar-refractivity contribution in [2.45, 2.75) is 6.92 Å². The summed E-state index contributed by atoms with van der Waals surface area (Å²) in [5.74, 6) is -1.19. The predicted molar refractivity (Wildman–Crippen MR) is 107 cm³/mol. The summed E-state index contributed by atoms with van der Waals surface area (Å²) in [5, 5.41) is 2.57. The van der Waals surface area contributed by atoms with Gasteiger partial charge in [-0.1, -0.05) is 28.1 Å². The number of benzene rings is 2. The van der Waals surface area contributed by atoms with Gasteiger partial charge in [0.1, 0.15) is 6.54 Å².